The topological polar surface area (TPSA) is 52.7 Å². The lowest BCUT2D eigenvalue weighted by atomic mass is 10.0. The van der Waals surface area contributed by atoms with E-state index in [2.05, 4.69) is 16.1 Å². The molecule has 8 heteroatoms. The fourth-order valence-corrected chi connectivity index (χ4v) is 4.34. The lowest BCUT2D eigenvalue weighted by molar-refractivity contribution is 0.184. The van der Waals surface area contributed by atoms with E-state index in [1.165, 1.54) is 0 Å². The normalized spacial score (nSPS) is 17.3. The van der Waals surface area contributed by atoms with Gasteiger partial charge in [0, 0.05) is 18.2 Å². The molecule has 0 N–H and O–H groups in total. The molecule has 0 amide bonds. The summed E-state index contributed by atoms with van der Waals surface area (Å²) in [6.45, 7) is 1.55. The van der Waals surface area contributed by atoms with Gasteiger partial charge in [0.1, 0.15) is 11.5 Å². The fourth-order valence-electron chi connectivity index (χ4n) is 3.51. The standard InChI is InChI=1S/C19H21N3O3S2/c1-23-13-7-8-16(24-2)14(11-13)15-5-3-9-21(15)12-22-19(26)25-18(20-22)17-6-4-10-27-17/h4,6-8,10-11,15H,3,5,9,12H2,1-2H3/t15-/m1/s1. The van der Waals surface area contributed by atoms with Gasteiger partial charge in [0.15, 0.2) is 0 Å². The molecule has 6 nitrogen and oxygen atoms in total. The second kappa shape index (κ2) is 7.84. The second-order valence-corrected chi connectivity index (χ2v) is 7.67. The minimum atomic E-state index is 0.221. The zero-order valence-corrected chi connectivity index (χ0v) is 16.9. The quantitative estimate of drug-likeness (QED) is 0.554. The van der Waals surface area contributed by atoms with E-state index >= 15 is 0 Å². The molecule has 1 aliphatic heterocycles. The number of aromatic nitrogens is 2. The molecular formula is C19H21N3O3S2. The van der Waals surface area contributed by atoms with Gasteiger partial charge in [-0.3, -0.25) is 4.90 Å². The largest absolute Gasteiger partial charge is 0.497 e. The van der Waals surface area contributed by atoms with Gasteiger partial charge in [-0.25, -0.2) is 4.68 Å². The SMILES string of the molecule is COc1ccc(OC)c([C@H]2CCCN2Cn2nc(-c3cccs3)oc2=S)c1. The Morgan fingerprint density at radius 3 is 2.93 bits per heavy atom. The molecule has 3 aromatic rings. The summed E-state index contributed by atoms with van der Waals surface area (Å²) >= 11 is 6.98. The van der Waals surface area contributed by atoms with Gasteiger partial charge in [0.2, 0.25) is 0 Å². The van der Waals surface area contributed by atoms with E-state index in [1.807, 2.05) is 29.6 Å². The van der Waals surface area contributed by atoms with Crippen LogP contribution in [-0.2, 0) is 6.67 Å². The number of ether oxygens (including phenoxy) is 2. The van der Waals surface area contributed by atoms with Crippen molar-refractivity contribution in [2.45, 2.75) is 25.6 Å². The highest BCUT2D eigenvalue weighted by molar-refractivity contribution is 7.71. The van der Waals surface area contributed by atoms with Gasteiger partial charge in [0.25, 0.3) is 10.7 Å². The molecule has 4 rings (SSSR count). The van der Waals surface area contributed by atoms with Crippen LogP contribution < -0.4 is 9.47 Å². The van der Waals surface area contributed by atoms with E-state index in [4.69, 9.17) is 26.1 Å². The first kappa shape index (κ1) is 18.2. The van der Waals surface area contributed by atoms with Gasteiger partial charge in [0.05, 0.1) is 25.8 Å². The third-order valence-electron chi connectivity index (χ3n) is 4.81. The minimum absolute atomic E-state index is 0.221. The lowest BCUT2D eigenvalue weighted by Crippen LogP contribution is -2.27. The number of likely N-dealkylation sites (tertiary alicyclic amines) is 1. The molecule has 1 aromatic carbocycles. The van der Waals surface area contributed by atoms with Crippen LogP contribution >= 0.6 is 23.6 Å². The molecule has 1 aliphatic rings. The monoisotopic (exact) mass is 403 g/mol. The van der Waals surface area contributed by atoms with Crippen molar-refractivity contribution in [1.29, 1.82) is 0 Å². The Morgan fingerprint density at radius 2 is 2.19 bits per heavy atom. The van der Waals surface area contributed by atoms with E-state index in [-0.39, 0.29) is 6.04 Å². The van der Waals surface area contributed by atoms with Crippen LogP contribution in [0.3, 0.4) is 0 Å². The van der Waals surface area contributed by atoms with Crippen LogP contribution in [0.4, 0.5) is 0 Å². The molecule has 3 heterocycles. The van der Waals surface area contributed by atoms with Gasteiger partial charge in [-0.1, -0.05) is 6.07 Å². The first-order chi connectivity index (χ1) is 13.2. The molecule has 0 saturated carbocycles. The number of hydrogen-bond acceptors (Lipinski definition) is 7. The molecule has 27 heavy (non-hydrogen) atoms. The predicted octanol–water partition coefficient (Wildman–Crippen LogP) is 4.75. The summed E-state index contributed by atoms with van der Waals surface area (Å²) in [5, 5.41) is 6.58. The van der Waals surface area contributed by atoms with E-state index in [0.717, 1.165) is 41.3 Å². The van der Waals surface area contributed by atoms with Crippen molar-refractivity contribution >= 4 is 23.6 Å². The van der Waals surface area contributed by atoms with Gasteiger partial charge >= 0.3 is 0 Å². The first-order valence-corrected chi connectivity index (χ1v) is 10.1. The summed E-state index contributed by atoms with van der Waals surface area (Å²) in [5.74, 6) is 2.27. The molecule has 0 spiro atoms. The Kier molecular flexibility index (Phi) is 5.29. The van der Waals surface area contributed by atoms with Crippen molar-refractivity contribution in [2.24, 2.45) is 0 Å². The summed E-state index contributed by atoms with van der Waals surface area (Å²) in [6.07, 6.45) is 2.15. The van der Waals surface area contributed by atoms with Crippen molar-refractivity contribution < 1.29 is 13.9 Å². The first-order valence-electron chi connectivity index (χ1n) is 8.77. The average molecular weight is 404 g/mol. The van der Waals surface area contributed by atoms with Crippen molar-refractivity contribution in [3.8, 4) is 22.3 Å². The molecule has 0 unspecified atom stereocenters. The molecular weight excluding hydrogens is 382 g/mol. The Labute approximate surface area is 166 Å². The van der Waals surface area contributed by atoms with Crippen LogP contribution in [0.5, 0.6) is 11.5 Å². The van der Waals surface area contributed by atoms with Gasteiger partial charge in [-0.05, 0) is 54.7 Å². The number of thiophene rings is 1. The van der Waals surface area contributed by atoms with E-state index in [0.29, 0.717) is 17.4 Å². The molecule has 0 aliphatic carbocycles. The van der Waals surface area contributed by atoms with Gasteiger partial charge in [-0.2, -0.15) is 0 Å². The summed E-state index contributed by atoms with van der Waals surface area (Å²) in [7, 11) is 3.38. The molecule has 2 aromatic heterocycles. The van der Waals surface area contributed by atoms with Crippen LogP contribution in [-0.4, -0.2) is 35.4 Å². The minimum Gasteiger partial charge on any atom is -0.497 e. The highest BCUT2D eigenvalue weighted by Gasteiger charge is 2.29. The maximum absolute atomic E-state index is 5.70. The average Bonchev–Trinajstić information content (AvgIpc) is 3.43. The van der Waals surface area contributed by atoms with Crippen LogP contribution in [0.25, 0.3) is 10.8 Å². The third kappa shape index (κ3) is 3.65. The Hall–Kier alpha value is -2.16. The maximum Gasteiger partial charge on any atom is 0.288 e. The smallest absolute Gasteiger partial charge is 0.288 e. The zero-order chi connectivity index (χ0) is 18.8. The van der Waals surface area contributed by atoms with Crippen molar-refractivity contribution in [3.05, 3.63) is 46.1 Å². The highest BCUT2D eigenvalue weighted by Crippen LogP contribution is 2.39. The predicted molar refractivity (Wildman–Crippen MR) is 107 cm³/mol. The van der Waals surface area contributed by atoms with Crippen LogP contribution in [0, 0.1) is 4.84 Å². The third-order valence-corrected chi connectivity index (χ3v) is 5.97. The lowest BCUT2D eigenvalue weighted by Gasteiger charge is -2.26. The number of benzene rings is 1. The molecule has 1 saturated heterocycles. The van der Waals surface area contributed by atoms with E-state index < -0.39 is 0 Å². The summed E-state index contributed by atoms with van der Waals surface area (Å²) in [6, 6.07) is 10.1. The number of hydrogen-bond donors (Lipinski definition) is 0. The maximum atomic E-state index is 5.70. The van der Waals surface area contributed by atoms with Crippen molar-refractivity contribution in [1.82, 2.24) is 14.7 Å². The van der Waals surface area contributed by atoms with Gasteiger partial charge in [-0.15, -0.1) is 16.4 Å². The summed E-state index contributed by atoms with van der Waals surface area (Å²) in [5.41, 5.74) is 1.13. The van der Waals surface area contributed by atoms with E-state index in [9.17, 15) is 0 Å². The number of methoxy groups -OCH3 is 2. The summed E-state index contributed by atoms with van der Waals surface area (Å²) < 4.78 is 18.5. The highest BCUT2D eigenvalue weighted by atomic mass is 32.1. The molecule has 1 fully saturated rings. The van der Waals surface area contributed by atoms with Crippen LogP contribution in [0.15, 0.2) is 40.1 Å². The number of nitrogens with zero attached hydrogens (tertiary/aromatic N) is 3. The second-order valence-electron chi connectivity index (χ2n) is 6.37. The Morgan fingerprint density at radius 1 is 1.30 bits per heavy atom. The zero-order valence-electron chi connectivity index (χ0n) is 15.3. The van der Waals surface area contributed by atoms with E-state index in [1.54, 1.807) is 30.2 Å². The van der Waals surface area contributed by atoms with Crippen molar-refractivity contribution in [2.75, 3.05) is 20.8 Å². The van der Waals surface area contributed by atoms with Crippen LogP contribution in [0.1, 0.15) is 24.4 Å². The van der Waals surface area contributed by atoms with Crippen molar-refractivity contribution in [3.63, 3.8) is 0 Å². The molecule has 142 valence electrons. The summed E-state index contributed by atoms with van der Waals surface area (Å²) in [4.78, 5) is 3.72. The molecule has 0 bridgehead atoms. The molecule has 0 radical (unpaired) electrons. The fraction of sp³-hybridized carbons (Fsp3) is 0.368. The number of rotatable bonds is 6. The Bertz CT molecular complexity index is 965. The van der Waals surface area contributed by atoms with Gasteiger partial charge < -0.3 is 13.9 Å². The molecule has 1 atom stereocenters. The Balaban J connectivity index is 1.61. The van der Waals surface area contributed by atoms with Crippen LogP contribution in [0.2, 0.25) is 0 Å².